The minimum absolute atomic E-state index is 0.767. The van der Waals surface area contributed by atoms with Crippen molar-refractivity contribution in [2.24, 2.45) is 0 Å². The van der Waals surface area contributed by atoms with Crippen LogP contribution >= 0.6 is 8.58 Å². The molecule has 0 nitrogen and oxygen atoms in total. The third-order valence-electron chi connectivity index (χ3n) is 6.29. The Morgan fingerprint density at radius 3 is 2.00 bits per heavy atom. The first kappa shape index (κ1) is 17.3. The van der Waals surface area contributed by atoms with Crippen LogP contribution in [0.3, 0.4) is 0 Å². The Kier molecular flexibility index (Phi) is 5.88. The number of benzene rings is 2. The summed E-state index contributed by atoms with van der Waals surface area (Å²) in [6, 6.07) is 20.1. The van der Waals surface area contributed by atoms with Gasteiger partial charge in [0.15, 0.2) is 0 Å². The maximum Gasteiger partial charge on any atom is -0.0149 e. The van der Waals surface area contributed by atoms with Crippen molar-refractivity contribution in [3.05, 3.63) is 60.2 Å². The van der Waals surface area contributed by atoms with Gasteiger partial charge in [0.1, 0.15) is 0 Å². The Labute approximate surface area is 155 Å². The minimum atomic E-state index is 0.767. The molecule has 0 radical (unpaired) electrons. The highest BCUT2D eigenvalue weighted by molar-refractivity contribution is 7.39. The van der Waals surface area contributed by atoms with Crippen LogP contribution in [0.4, 0.5) is 0 Å². The summed E-state index contributed by atoms with van der Waals surface area (Å²) in [5.74, 6) is 0.767. The molecule has 1 atom stereocenters. The van der Waals surface area contributed by atoms with E-state index < -0.39 is 0 Å². The zero-order chi connectivity index (χ0) is 16.9. The van der Waals surface area contributed by atoms with E-state index in [1.165, 1.54) is 77.5 Å². The van der Waals surface area contributed by atoms with Crippen molar-refractivity contribution in [1.82, 2.24) is 0 Å². The van der Waals surface area contributed by atoms with Crippen LogP contribution in [0.2, 0.25) is 0 Å². The Bertz CT molecular complexity index is 649. The second-order valence-corrected chi connectivity index (χ2v) is 9.97. The normalized spacial score (nSPS) is 25.4. The lowest BCUT2D eigenvalue weighted by atomic mass is 9.80. The van der Waals surface area contributed by atoms with E-state index in [-0.39, 0.29) is 0 Å². The van der Waals surface area contributed by atoms with Gasteiger partial charge in [-0.15, -0.1) is 8.58 Å². The molecule has 0 amide bonds. The van der Waals surface area contributed by atoms with Crippen LogP contribution in [0.1, 0.15) is 69.3 Å². The number of hydrogen-bond acceptors (Lipinski definition) is 0. The van der Waals surface area contributed by atoms with Gasteiger partial charge in [0.25, 0.3) is 0 Å². The van der Waals surface area contributed by atoms with Crippen molar-refractivity contribution >= 4 is 8.58 Å². The van der Waals surface area contributed by atoms with E-state index in [1.54, 1.807) is 5.56 Å². The van der Waals surface area contributed by atoms with Crippen molar-refractivity contribution in [1.29, 1.82) is 0 Å². The van der Waals surface area contributed by atoms with E-state index in [0.29, 0.717) is 0 Å². The highest BCUT2D eigenvalue weighted by atomic mass is 31.1. The Morgan fingerprint density at radius 1 is 0.600 bits per heavy atom. The molecular weight excluding hydrogens is 319 g/mol. The largest absolute Gasteiger partial charge is 0.116 e. The summed E-state index contributed by atoms with van der Waals surface area (Å²) in [6.07, 6.45) is 13.2. The van der Waals surface area contributed by atoms with Crippen molar-refractivity contribution in [3.8, 4) is 11.1 Å². The SMILES string of the molecule is c1ccc(-c2ccccc2C2CCC(PC3CCCCC3)CC2)cc1. The van der Waals surface area contributed by atoms with Gasteiger partial charge in [0.05, 0.1) is 0 Å². The molecule has 1 unspecified atom stereocenters. The third-order valence-corrected chi connectivity index (χ3v) is 8.39. The molecule has 25 heavy (non-hydrogen) atoms. The second-order valence-electron chi connectivity index (χ2n) is 8.00. The predicted octanol–water partition coefficient (Wildman–Crippen LogP) is 7.39. The average molecular weight is 350 g/mol. The van der Waals surface area contributed by atoms with Gasteiger partial charge in [-0.05, 0) is 72.5 Å². The van der Waals surface area contributed by atoms with Gasteiger partial charge >= 0.3 is 0 Å². The lowest BCUT2D eigenvalue weighted by Crippen LogP contribution is -2.18. The first-order valence-corrected chi connectivity index (χ1v) is 11.5. The first-order chi connectivity index (χ1) is 12.4. The molecule has 0 aromatic heterocycles. The van der Waals surface area contributed by atoms with Crippen LogP contribution in [0.5, 0.6) is 0 Å². The molecule has 2 fully saturated rings. The zero-order valence-electron chi connectivity index (χ0n) is 15.3. The molecule has 2 aromatic carbocycles. The first-order valence-electron chi connectivity index (χ1n) is 10.3. The molecule has 0 aliphatic heterocycles. The van der Waals surface area contributed by atoms with Crippen LogP contribution in [-0.2, 0) is 0 Å². The van der Waals surface area contributed by atoms with Gasteiger partial charge in [-0.2, -0.15) is 0 Å². The van der Waals surface area contributed by atoms with E-state index in [9.17, 15) is 0 Å². The predicted molar refractivity (Wildman–Crippen MR) is 112 cm³/mol. The summed E-state index contributed by atoms with van der Waals surface area (Å²) in [7, 11) is 1.25. The average Bonchev–Trinajstić information content (AvgIpc) is 2.70. The van der Waals surface area contributed by atoms with E-state index in [0.717, 1.165) is 17.2 Å². The van der Waals surface area contributed by atoms with Crippen LogP contribution in [0.25, 0.3) is 11.1 Å². The quantitative estimate of drug-likeness (QED) is 0.504. The topological polar surface area (TPSA) is 0 Å². The lowest BCUT2D eigenvalue weighted by molar-refractivity contribution is 0.445. The fourth-order valence-electron chi connectivity index (χ4n) is 4.91. The van der Waals surface area contributed by atoms with Crippen LogP contribution in [0, 0.1) is 0 Å². The van der Waals surface area contributed by atoms with Gasteiger partial charge < -0.3 is 0 Å². The fourth-order valence-corrected chi connectivity index (χ4v) is 6.98. The molecule has 132 valence electrons. The summed E-state index contributed by atoms with van der Waals surface area (Å²) < 4.78 is 0. The standard InChI is InChI=1S/C24H31P/c1-3-9-19(10-4-1)23-13-7-8-14-24(23)20-15-17-22(18-16-20)25-21-11-5-2-6-12-21/h1,3-4,7-10,13-14,20-22,25H,2,5-6,11-12,15-18H2. The minimum Gasteiger partial charge on any atom is -0.116 e. The molecule has 2 aliphatic rings. The lowest BCUT2D eigenvalue weighted by Gasteiger charge is -2.33. The summed E-state index contributed by atoms with van der Waals surface area (Å²) >= 11 is 0. The Balaban J connectivity index is 1.41. The van der Waals surface area contributed by atoms with E-state index in [2.05, 4.69) is 54.6 Å². The van der Waals surface area contributed by atoms with Gasteiger partial charge in [0, 0.05) is 0 Å². The molecule has 0 spiro atoms. The molecular formula is C24H31P. The molecule has 1 heteroatoms. The second kappa shape index (κ2) is 8.50. The highest BCUT2D eigenvalue weighted by Crippen LogP contribution is 2.46. The van der Waals surface area contributed by atoms with Crippen molar-refractivity contribution < 1.29 is 0 Å². The maximum atomic E-state index is 2.39. The van der Waals surface area contributed by atoms with Crippen LogP contribution in [-0.4, -0.2) is 11.3 Å². The van der Waals surface area contributed by atoms with Gasteiger partial charge in [-0.25, -0.2) is 0 Å². The van der Waals surface area contributed by atoms with E-state index >= 15 is 0 Å². The third kappa shape index (κ3) is 4.35. The molecule has 4 rings (SSSR count). The summed E-state index contributed by atoms with van der Waals surface area (Å²) in [4.78, 5) is 0. The van der Waals surface area contributed by atoms with Crippen molar-refractivity contribution in [2.75, 3.05) is 0 Å². The Hall–Kier alpha value is -1.13. The van der Waals surface area contributed by atoms with E-state index in [1.807, 2.05) is 0 Å². The fraction of sp³-hybridized carbons (Fsp3) is 0.500. The molecule has 2 saturated carbocycles. The molecule has 0 N–H and O–H groups in total. The van der Waals surface area contributed by atoms with Crippen LogP contribution < -0.4 is 0 Å². The summed E-state index contributed by atoms with van der Waals surface area (Å²) in [5, 5.41) is 0. The highest BCUT2D eigenvalue weighted by Gasteiger charge is 2.26. The number of rotatable bonds is 4. The van der Waals surface area contributed by atoms with Crippen molar-refractivity contribution in [3.63, 3.8) is 0 Å². The Morgan fingerprint density at radius 2 is 1.24 bits per heavy atom. The van der Waals surface area contributed by atoms with Gasteiger partial charge in [-0.3, -0.25) is 0 Å². The summed E-state index contributed by atoms with van der Waals surface area (Å²) in [5.41, 5.74) is 6.54. The van der Waals surface area contributed by atoms with Crippen molar-refractivity contribution in [2.45, 2.75) is 75.0 Å². The maximum absolute atomic E-state index is 2.39. The molecule has 0 saturated heterocycles. The number of hydrogen-bond donors (Lipinski definition) is 0. The van der Waals surface area contributed by atoms with E-state index in [4.69, 9.17) is 0 Å². The van der Waals surface area contributed by atoms with Crippen LogP contribution in [0.15, 0.2) is 54.6 Å². The molecule has 0 heterocycles. The molecule has 2 aliphatic carbocycles. The molecule has 2 aromatic rings. The monoisotopic (exact) mass is 350 g/mol. The summed E-state index contributed by atoms with van der Waals surface area (Å²) in [6.45, 7) is 0. The van der Waals surface area contributed by atoms with Gasteiger partial charge in [-0.1, -0.05) is 73.9 Å². The molecule has 0 bridgehead atoms. The zero-order valence-corrected chi connectivity index (χ0v) is 16.3. The van der Waals surface area contributed by atoms with Gasteiger partial charge in [0.2, 0.25) is 0 Å². The smallest absolute Gasteiger partial charge is 0.0149 e.